The second-order valence-corrected chi connectivity index (χ2v) is 7.94. The molecule has 1 amide bonds. The van der Waals surface area contributed by atoms with E-state index < -0.39 is 0 Å². The molecule has 8 nitrogen and oxygen atoms in total. The van der Waals surface area contributed by atoms with E-state index in [1.165, 1.54) is 0 Å². The minimum atomic E-state index is -0.344. The van der Waals surface area contributed by atoms with Crippen LogP contribution in [0.3, 0.4) is 0 Å². The van der Waals surface area contributed by atoms with Crippen LogP contribution in [0.25, 0.3) is 11.0 Å². The molecule has 178 valence electrons. The molecule has 1 N–H and O–H groups in total. The number of ether oxygens (including phenoxy) is 4. The van der Waals surface area contributed by atoms with Crippen molar-refractivity contribution in [2.24, 2.45) is 0 Å². The lowest BCUT2D eigenvalue weighted by Gasteiger charge is -2.12. The fourth-order valence-electron chi connectivity index (χ4n) is 3.67. The number of rotatable bonds is 6. The highest BCUT2D eigenvalue weighted by atomic mass is 16.5. The lowest BCUT2D eigenvalue weighted by atomic mass is 10.2. The Hall–Kier alpha value is -4.46. The molecule has 0 saturated carbocycles. The monoisotopic (exact) mass is 473 g/mol. The molecule has 1 aliphatic heterocycles. The fraction of sp³-hybridized carbons (Fsp3) is 0.185. The second-order valence-electron chi connectivity index (χ2n) is 7.94. The highest BCUT2D eigenvalue weighted by Gasteiger charge is 2.16. The second kappa shape index (κ2) is 9.80. The Morgan fingerprint density at radius 3 is 2.57 bits per heavy atom. The number of aryl methyl sites for hydroxylation is 1. The van der Waals surface area contributed by atoms with E-state index in [0.717, 1.165) is 6.42 Å². The number of carbonyl (C=O) groups is 1. The van der Waals surface area contributed by atoms with Gasteiger partial charge in [0, 0.05) is 24.2 Å². The van der Waals surface area contributed by atoms with Gasteiger partial charge in [0.2, 0.25) is 11.2 Å². The van der Waals surface area contributed by atoms with Gasteiger partial charge in [0.05, 0.1) is 18.6 Å². The normalized spacial score (nSPS) is 12.6. The van der Waals surface area contributed by atoms with E-state index in [1.54, 1.807) is 55.5 Å². The average Bonchev–Trinajstić information content (AvgIpc) is 3.11. The third kappa shape index (κ3) is 5.06. The summed E-state index contributed by atoms with van der Waals surface area (Å²) in [6, 6.07) is 19.0. The summed E-state index contributed by atoms with van der Waals surface area (Å²) in [4.78, 5) is 25.4. The molecule has 8 heteroatoms. The SMILES string of the molecule is Cc1oc2cc(OCC(=O)Nc3ccc4c(c3)OCCCO4)ccc2c(=O)c1Oc1ccccc1. The number of hydrogen-bond donors (Lipinski definition) is 1. The molecule has 0 aliphatic carbocycles. The van der Waals surface area contributed by atoms with E-state index in [0.29, 0.717) is 58.6 Å². The van der Waals surface area contributed by atoms with Crippen LogP contribution in [0, 0.1) is 6.92 Å². The number of anilines is 1. The summed E-state index contributed by atoms with van der Waals surface area (Å²) in [7, 11) is 0. The summed E-state index contributed by atoms with van der Waals surface area (Å²) >= 11 is 0. The van der Waals surface area contributed by atoms with Crippen molar-refractivity contribution in [2.45, 2.75) is 13.3 Å². The third-order valence-corrected chi connectivity index (χ3v) is 5.35. The predicted octanol–water partition coefficient (Wildman–Crippen LogP) is 5.07. The Morgan fingerprint density at radius 1 is 0.943 bits per heavy atom. The molecular formula is C27H23NO7. The molecule has 4 aromatic rings. The number of hydrogen-bond acceptors (Lipinski definition) is 7. The average molecular weight is 473 g/mol. The van der Waals surface area contributed by atoms with Crippen molar-refractivity contribution < 1.29 is 28.2 Å². The van der Waals surface area contributed by atoms with Crippen LogP contribution in [0.4, 0.5) is 5.69 Å². The quantitative estimate of drug-likeness (QED) is 0.418. The third-order valence-electron chi connectivity index (χ3n) is 5.35. The molecule has 0 spiro atoms. The van der Waals surface area contributed by atoms with Gasteiger partial charge in [-0.25, -0.2) is 0 Å². The number of para-hydroxylation sites is 1. The van der Waals surface area contributed by atoms with E-state index in [1.807, 2.05) is 18.2 Å². The van der Waals surface area contributed by atoms with E-state index in [-0.39, 0.29) is 23.7 Å². The topological polar surface area (TPSA) is 96.2 Å². The number of nitrogens with one attached hydrogen (secondary N) is 1. The van der Waals surface area contributed by atoms with Crippen LogP contribution in [0.15, 0.2) is 75.9 Å². The maximum atomic E-state index is 12.9. The standard InChI is InChI=1S/C27H23NO7/c1-17-27(35-19-6-3-2-4-7-19)26(30)21-10-9-20(15-23(21)34-17)33-16-25(29)28-18-8-11-22-24(14-18)32-13-5-12-31-22/h2-4,6-11,14-15H,5,12-13,16H2,1H3,(H,28,29). The molecule has 35 heavy (non-hydrogen) atoms. The maximum Gasteiger partial charge on any atom is 0.262 e. The number of benzene rings is 3. The van der Waals surface area contributed by atoms with E-state index >= 15 is 0 Å². The van der Waals surface area contributed by atoms with Gasteiger partial charge in [-0.15, -0.1) is 0 Å². The highest BCUT2D eigenvalue weighted by Crippen LogP contribution is 2.32. The summed E-state index contributed by atoms with van der Waals surface area (Å²) in [5.41, 5.74) is 0.633. The lowest BCUT2D eigenvalue weighted by molar-refractivity contribution is -0.118. The Morgan fingerprint density at radius 2 is 1.74 bits per heavy atom. The zero-order valence-corrected chi connectivity index (χ0v) is 19.0. The minimum absolute atomic E-state index is 0.131. The van der Waals surface area contributed by atoms with Gasteiger partial charge in [-0.3, -0.25) is 9.59 Å². The van der Waals surface area contributed by atoms with Crippen LogP contribution in [0.2, 0.25) is 0 Å². The van der Waals surface area contributed by atoms with Crippen molar-refractivity contribution in [2.75, 3.05) is 25.1 Å². The molecule has 0 unspecified atom stereocenters. The largest absolute Gasteiger partial charge is 0.490 e. The van der Waals surface area contributed by atoms with Crippen molar-refractivity contribution in [3.8, 4) is 28.7 Å². The predicted molar refractivity (Wildman–Crippen MR) is 130 cm³/mol. The highest BCUT2D eigenvalue weighted by molar-refractivity contribution is 5.92. The zero-order valence-electron chi connectivity index (χ0n) is 19.0. The van der Waals surface area contributed by atoms with E-state index in [2.05, 4.69) is 5.32 Å². The van der Waals surface area contributed by atoms with Crippen LogP contribution in [-0.2, 0) is 4.79 Å². The Bertz CT molecular complexity index is 1430. The number of amides is 1. The van der Waals surface area contributed by atoms with Crippen LogP contribution >= 0.6 is 0 Å². The molecule has 1 aliphatic rings. The van der Waals surface area contributed by atoms with Crippen molar-refractivity contribution >= 4 is 22.6 Å². The minimum Gasteiger partial charge on any atom is -0.490 e. The van der Waals surface area contributed by atoms with Crippen LogP contribution in [-0.4, -0.2) is 25.7 Å². The summed E-state index contributed by atoms with van der Waals surface area (Å²) < 4.78 is 28.4. The Kier molecular flexibility index (Phi) is 6.26. The zero-order chi connectivity index (χ0) is 24.2. The van der Waals surface area contributed by atoms with Gasteiger partial charge in [0.25, 0.3) is 5.91 Å². The summed E-state index contributed by atoms with van der Waals surface area (Å²) in [5, 5.41) is 3.13. The molecule has 0 bridgehead atoms. The maximum absolute atomic E-state index is 12.9. The Labute approximate surface area is 201 Å². The molecule has 5 rings (SSSR count). The van der Waals surface area contributed by atoms with Gasteiger partial charge in [0.15, 0.2) is 18.1 Å². The van der Waals surface area contributed by atoms with Crippen molar-refractivity contribution in [3.63, 3.8) is 0 Å². The van der Waals surface area contributed by atoms with Crippen LogP contribution < -0.4 is 29.7 Å². The summed E-state index contributed by atoms with van der Waals surface area (Å²) in [6.07, 6.45) is 0.803. The first-order valence-electron chi connectivity index (χ1n) is 11.2. The van der Waals surface area contributed by atoms with Gasteiger partial charge in [0.1, 0.15) is 22.8 Å². The molecule has 1 aromatic heterocycles. The number of fused-ring (bicyclic) bond motifs is 2. The smallest absolute Gasteiger partial charge is 0.262 e. The molecule has 0 atom stereocenters. The molecule has 2 heterocycles. The first-order valence-corrected chi connectivity index (χ1v) is 11.2. The van der Waals surface area contributed by atoms with Crippen molar-refractivity contribution in [1.82, 2.24) is 0 Å². The molecule has 0 saturated heterocycles. The van der Waals surface area contributed by atoms with E-state index in [9.17, 15) is 9.59 Å². The first kappa shape index (κ1) is 22.3. The van der Waals surface area contributed by atoms with Gasteiger partial charge >= 0.3 is 0 Å². The van der Waals surface area contributed by atoms with Gasteiger partial charge in [-0.05, 0) is 43.3 Å². The summed E-state index contributed by atoms with van der Waals surface area (Å²) in [5.74, 6) is 2.32. The first-order chi connectivity index (χ1) is 17.1. The van der Waals surface area contributed by atoms with Gasteiger partial charge in [-0.1, -0.05) is 18.2 Å². The molecule has 0 radical (unpaired) electrons. The van der Waals surface area contributed by atoms with Gasteiger partial charge < -0.3 is 28.7 Å². The van der Waals surface area contributed by atoms with Crippen molar-refractivity contribution in [1.29, 1.82) is 0 Å². The molecular weight excluding hydrogens is 450 g/mol. The van der Waals surface area contributed by atoms with Crippen LogP contribution in [0.5, 0.6) is 28.7 Å². The summed E-state index contributed by atoms with van der Waals surface area (Å²) in [6.45, 7) is 2.60. The van der Waals surface area contributed by atoms with Crippen molar-refractivity contribution in [3.05, 3.63) is 82.7 Å². The number of carbonyl (C=O) groups excluding carboxylic acids is 1. The van der Waals surface area contributed by atoms with Crippen LogP contribution in [0.1, 0.15) is 12.2 Å². The lowest BCUT2D eigenvalue weighted by Crippen LogP contribution is -2.20. The molecule has 3 aromatic carbocycles. The molecule has 0 fully saturated rings. The van der Waals surface area contributed by atoms with Gasteiger partial charge in [-0.2, -0.15) is 0 Å². The Balaban J connectivity index is 1.27. The fourth-order valence-corrected chi connectivity index (χ4v) is 3.67. The van der Waals surface area contributed by atoms with E-state index in [4.69, 9.17) is 23.4 Å².